The summed E-state index contributed by atoms with van der Waals surface area (Å²) >= 11 is -0.0972. The predicted octanol–water partition coefficient (Wildman–Crippen LogP) is 4.34. The first kappa shape index (κ1) is 24.6. The molecule has 1 amide bonds. The lowest BCUT2D eigenvalue weighted by Gasteiger charge is -2.28. The second-order valence-corrected chi connectivity index (χ2v) is 7.97. The maximum atomic E-state index is 13.8. The monoisotopic (exact) mass is 476 g/mol. The minimum Gasteiger partial charge on any atom is -0.377 e. The van der Waals surface area contributed by atoms with Crippen molar-refractivity contribution in [2.45, 2.75) is 39.8 Å². The van der Waals surface area contributed by atoms with Crippen LogP contribution in [-0.4, -0.2) is 50.9 Å². The Balaban J connectivity index is 0.00000149. The maximum absolute atomic E-state index is 13.8. The molecule has 0 unspecified atom stereocenters. The molecule has 11 heteroatoms. The van der Waals surface area contributed by atoms with Gasteiger partial charge in [-0.25, -0.2) is 18.3 Å². The van der Waals surface area contributed by atoms with Crippen molar-refractivity contribution in [3.8, 4) is 0 Å². The number of fused-ring (bicyclic) bond motifs is 1. The van der Waals surface area contributed by atoms with Crippen molar-refractivity contribution in [2.24, 2.45) is 0 Å². The van der Waals surface area contributed by atoms with E-state index in [2.05, 4.69) is 20.6 Å². The Morgan fingerprint density at radius 3 is 2.64 bits per heavy atom. The number of nitrogens with zero attached hydrogens (tertiary/aromatic N) is 3. The molecule has 0 atom stereocenters. The molecule has 1 aliphatic heterocycles. The van der Waals surface area contributed by atoms with Gasteiger partial charge in [-0.3, -0.25) is 10.2 Å². The van der Waals surface area contributed by atoms with Crippen LogP contribution in [0.25, 0.3) is 11.2 Å². The van der Waals surface area contributed by atoms with Crippen LogP contribution in [0, 0.1) is 11.2 Å². The molecule has 1 aromatic carbocycles. The molecule has 8 nitrogen and oxygen atoms in total. The predicted molar refractivity (Wildman–Crippen MR) is 126 cm³/mol. The van der Waals surface area contributed by atoms with Crippen molar-refractivity contribution in [1.82, 2.24) is 19.3 Å². The van der Waals surface area contributed by atoms with Crippen LogP contribution in [-0.2, 0) is 4.74 Å². The van der Waals surface area contributed by atoms with E-state index in [9.17, 15) is 13.1 Å². The average molecular weight is 477 g/mol. The number of rotatable bonds is 7. The highest BCUT2D eigenvalue weighted by molar-refractivity contribution is 7.92. The third-order valence-electron chi connectivity index (χ3n) is 4.71. The van der Waals surface area contributed by atoms with Gasteiger partial charge in [-0.1, -0.05) is 13.8 Å². The number of hydrogen-bond donors (Lipinski definition) is 3. The van der Waals surface area contributed by atoms with Gasteiger partial charge < -0.3 is 15.4 Å². The van der Waals surface area contributed by atoms with Gasteiger partial charge in [0.15, 0.2) is 18.0 Å². The lowest BCUT2D eigenvalue weighted by atomic mass is 10.0. The molecule has 176 valence electrons. The van der Waals surface area contributed by atoms with Crippen LogP contribution < -0.4 is 10.6 Å². The molecule has 1 aliphatic rings. The molecule has 2 aromatic heterocycles. The Morgan fingerprint density at radius 2 is 2.03 bits per heavy atom. The van der Waals surface area contributed by atoms with Crippen LogP contribution in [0.3, 0.4) is 0 Å². The van der Waals surface area contributed by atoms with Crippen molar-refractivity contribution in [3.63, 3.8) is 0 Å². The number of nitrogens with one attached hydrogen (secondary N) is 3. The van der Waals surface area contributed by atoms with Crippen molar-refractivity contribution in [1.29, 1.82) is 5.41 Å². The number of halogens is 2. The van der Waals surface area contributed by atoms with E-state index in [1.807, 2.05) is 27.7 Å². The van der Waals surface area contributed by atoms with Crippen LogP contribution in [0.4, 0.5) is 14.0 Å². The fraction of sp³-hybridized carbons (Fsp3) is 0.364. The second kappa shape index (κ2) is 10.7. The van der Waals surface area contributed by atoms with E-state index in [4.69, 9.17) is 10.1 Å². The van der Waals surface area contributed by atoms with E-state index in [0.717, 1.165) is 3.97 Å². The SMILES string of the molecule is CC.CC(C)NC(=O)c1cn(SF)c2ncc(C(=N)c3ccc(F)cc3NC3COC3)nc12. The molecular formula is C22H26F2N6O2S. The molecule has 1 saturated heterocycles. The fourth-order valence-corrected chi connectivity index (χ4v) is 3.52. The highest BCUT2D eigenvalue weighted by Crippen LogP contribution is 2.26. The summed E-state index contributed by atoms with van der Waals surface area (Å²) in [4.78, 5) is 21.2. The van der Waals surface area contributed by atoms with Crippen LogP contribution in [0.15, 0.2) is 30.6 Å². The first-order chi connectivity index (χ1) is 15.9. The Hall–Kier alpha value is -3.05. The first-order valence-electron chi connectivity index (χ1n) is 10.6. The highest BCUT2D eigenvalue weighted by atomic mass is 32.2. The van der Waals surface area contributed by atoms with Gasteiger partial charge in [0.05, 0.1) is 36.7 Å². The van der Waals surface area contributed by atoms with E-state index in [1.54, 1.807) is 0 Å². The molecular weight excluding hydrogens is 450 g/mol. The lowest BCUT2D eigenvalue weighted by Crippen LogP contribution is -2.40. The van der Waals surface area contributed by atoms with Gasteiger partial charge in [-0.05, 0) is 32.0 Å². The van der Waals surface area contributed by atoms with Crippen molar-refractivity contribution >= 4 is 40.8 Å². The number of amides is 1. The Kier molecular flexibility index (Phi) is 7.98. The van der Waals surface area contributed by atoms with E-state index in [-0.39, 0.29) is 52.6 Å². The topological polar surface area (TPSA) is 105 Å². The Labute approximate surface area is 195 Å². The number of ether oxygens (including phenoxy) is 1. The molecule has 0 radical (unpaired) electrons. The molecule has 3 aromatic rings. The maximum Gasteiger partial charge on any atom is 0.255 e. The molecule has 1 fully saturated rings. The van der Waals surface area contributed by atoms with E-state index in [0.29, 0.717) is 24.5 Å². The fourth-order valence-electron chi connectivity index (χ4n) is 3.17. The number of carbonyl (C=O) groups is 1. The van der Waals surface area contributed by atoms with E-state index >= 15 is 0 Å². The number of carbonyl (C=O) groups excluding carboxylic acids is 1. The van der Waals surface area contributed by atoms with Crippen LogP contribution in [0.2, 0.25) is 0 Å². The van der Waals surface area contributed by atoms with Gasteiger partial charge in [-0.2, -0.15) is 0 Å². The molecule has 0 saturated carbocycles. The third kappa shape index (κ3) is 5.31. The standard InChI is InChI=1S/C20H20F2N6O2S.C2H6/c1-10(2)25-20(29)14-7-28(31-22)19-18(14)27-16(6-24-19)17(23)13-4-3-11(21)5-15(13)26-12-8-30-9-12;1-2/h3-7,10,12,23,26H,8-9H2,1-2H3,(H,25,29);1-2H3. The van der Waals surface area contributed by atoms with Gasteiger partial charge in [-0.15, -0.1) is 3.89 Å². The lowest BCUT2D eigenvalue weighted by molar-refractivity contribution is 0.0211. The summed E-state index contributed by atoms with van der Waals surface area (Å²) in [5, 5.41) is 14.6. The summed E-state index contributed by atoms with van der Waals surface area (Å²) < 4.78 is 33.4. The number of anilines is 1. The largest absolute Gasteiger partial charge is 0.377 e. The normalized spacial score (nSPS) is 13.3. The van der Waals surface area contributed by atoms with Gasteiger partial charge >= 0.3 is 0 Å². The zero-order valence-corrected chi connectivity index (χ0v) is 19.6. The number of aromatic nitrogens is 3. The second-order valence-electron chi connectivity index (χ2n) is 7.44. The van der Waals surface area contributed by atoms with Crippen LogP contribution >= 0.6 is 12.3 Å². The smallest absolute Gasteiger partial charge is 0.255 e. The highest BCUT2D eigenvalue weighted by Gasteiger charge is 2.23. The third-order valence-corrected chi connectivity index (χ3v) is 5.13. The van der Waals surface area contributed by atoms with Crippen LogP contribution in [0.1, 0.15) is 49.3 Å². The zero-order chi connectivity index (χ0) is 24.1. The summed E-state index contributed by atoms with van der Waals surface area (Å²) in [5.74, 6) is -0.856. The summed E-state index contributed by atoms with van der Waals surface area (Å²) in [7, 11) is 0. The molecule has 3 N–H and O–H groups in total. The average Bonchev–Trinajstić information content (AvgIpc) is 3.15. The zero-order valence-electron chi connectivity index (χ0n) is 18.8. The van der Waals surface area contributed by atoms with Gasteiger partial charge in [0.25, 0.3) is 5.91 Å². The molecule has 0 bridgehead atoms. The molecule has 3 heterocycles. The molecule has 0 aliphatic carbocycles. The Morgan fingerprint density at radius 1 is 1.30 bits per heavy atom. The summed E-state index contributed by atoms with van der Waals surface area (Å²) in [5.41, 5.74) is 1.53. The minimum absolute atomic E-state index is 0.00647. The first-order valence-corrected chi connectivity index (χ1v) is 11.3. The summed E-state index contributed by atoms with van der Waals surface area (Å²) in [6, 6.07) is 3.97. The van der Waals surface area contributed by atoms with Crippen molar-refractivity contribution < 1.29 is 17.8 Å². The van der Waals surface area contributed by atoms with Gasteiger partial charge in [0, 0.05) is 23.5 Å². The molecule has 0 spiro atoms. The minimum atomic E-state index is -0.439. The van der Waals surface area contributed by atoms with E-state index in [1.165, 1.54) is 30.6 Å². The summed E-state index contributed by atoms with van der Waals surface area (Å²) in [6.45, 7) is 8.61. The van der Waals surface area contributed by atoms with Crippen molar-refractivity contribution in [2.75, 3.05) is 18.5 Å². The van der Waals surface area contributed by atoms with E-state index < -0.39 is 11.7 Å². The van der Waals surface area contributed by atoms with Crippen molar-refractivity contribution in [3.05, 3.63) is 53.2 Å². The molecule has 4 rings (SSSR count). The van der Waals surface area contributed by atoms with Crippen LogP contribution in [0.5, 0.6) is 0 Å². The Bertz CT molecular complexity index is 1160. The van der Waals surface area contributed by atoms with Gasteiger partial charge in [0.2, 0.25) is 0 Å². The molecule has 33 heavy (non-hydrogen) atoms. The number of hydrogen-bond acceptors (Lipinski definition) is 7. The van der Waals surface area contributed by atoms with Gasteiger partial charge in [0.1, 0.15) is 17.0 Å². The number of benzene rings is 1. The quantitative estimate of drug-likeness (QED) is 0.438. The summed E-state index contributed by atoms with van der Waals surface area (Å²) in [6.07, 6.45) is 2.66.